The van der Waals surface area contributed by atoms with Gasteiger partial charge in [-0.25, -0.2) is 8.42 Å². The molecule has 2 aliphatic rings. The highest BCUT2D eigenvalue weighted by Gasteiger charge is 2.32. The number of amides is 1. The van der Waals surface area contributed by atoms with Crippen molar-refractivity contribution in [2.24, 2.45) is 0 Å². The summed E-state index contributed by atoms with van der Waals surface area (Å²) in [7, 11) is 0.724. The van der Waals surface area contributed by atoms with Crippen LogP contribution in [0.1, 0.15) is 49.3 Å². The van der Waals surface area contributed by atoms with E-state index in [1.54, 1.807) is 4.90 Å². The Hall–Kier alpha value is -0.660. The lowest BCUT2D eigenvalue weighted by Gasteiger charge is -2.20. The van der Waals surface area contributed by atoms with E-state index in [2.05, 4.69) is 0 Å². The highest BCUT2D eigenvalue weighted by molar-refractivity contribution is 8.77. The van der Waals surface area contributed by atoms with Gasteiger partial charge in [0, 0.05) is 30.5 Å². The minimum absolute atomic E-state index is 0.0637. The van der Waals surface area contributed by atoms with E-state index in [9.17, 15) is 13.2 Å². The second-order valence-electron chi connectivity index (χ2n) is 7.01. The number of hydrogen-bond donors (Lipinski definition) is 0. The van der Waals surface area contributed by atoms with Gasteiger partial charge in [-0.3, -0.25) is 4.79 Å². The lowest BCUT2D eigenvalue weighted by Crippen LogP contribution is -2.33. The van der Waals surface area contributed by atoms with Crippen LogP contribution < -0.4 is 0 Å². The van der Waals surface area contributed by atoms with Crippen LogP contribution in [0.4, 0.5) is 0 Å². The molecule has 144 valence electrons. The van der Waals surface area contributed by atoms with Crippen LogP contribution in [-0.4, -0.2) is 49.1 Å². The summed E-state index contributed by atoms with van der Waals surface area (Å²) in [5.41, 5.74) is 0.841. The second kappa shape index (κ2) is 9.51. The normalized spacial score (nSPS) is 25.8. The average molecular weight is 414 g/mol. The third kappa shape index (κ3) is 5.42. The largest absolute Gasteiger partial charge is 0.342 e. The van der Waals surface area contributed by atoms with Crippen LogP contribution in [0, 0.1) is 0 Å². The molecule has 0 aliphatic carbocycles. The second-order valence-corrected chi connectivity index (χ2v) is 12.1. The summed E-state index contributed by atoms with van der Waals surface area (Å²) in [6, 6.07) is 9.39. The van der Waals surface area contributed by atoms with E-state index >= 15 is 0 Å². The summed E-state index contributed by atoms with van der Waals surface area (Å²) in [5, 5.41) is 0.267. The number of carbonyl (C=O) groups is 1. The molecular weight excluding hydrogens is 386 g/mol. The van der Waals surface area contributed by atoms with Gasteiger partial charge in [0.1, 0.15) is 0 Å². The van der Waals surface area contributed by atoms with Crippen LogP contribution in [0.2, 0.25) is 0 Å². The fourth-order valence-electron chi connectivity index (χ4n) is 3.61. The molecule has 7 heteroatoms. The molecule has 0 spiro atoms. The van der Waals surface area contributed by atoms with Gasteiger partial charge in [0.2, 0.25) is 5.91 Å². The van der Waals surface area contributed by atoms with Gasteiger partial charge in [0.25, 0.3) is 0 Å². The van der Waals surface area contributed by atoms with Crippen molar-refractivity contribution in [1.29, 1.82) is 0 Å². The molecule has 0 N–H and O–H groups in total. The molecule has 1 aromatic rings. The van der Waals surface area contributed by atoms with Gasteiger partial charge < -0.3 is 4.90 Å². The molecule has 0 bridgehead atoms. The topological polar surface area (TPSA) is 54.5 Å². The highest BCUT2D eigenvalue weighted by atomic mass is 33.1. The van der Waals surface area contributed by atoms with Crippen molar-refractivity contribution in [2.45, 2.75) is 49.0 Å². The van der Waals surface area contributed by atoms with Gasteiger partial charge in [-0.05, 0) is 31.2 Å². The van der Waals surface area contributed by atoms with Crippen molar-refractivity contribution in [3.8, 4) is 0 Å². The molecule has 0 saturated carbocycles. The average Bonchev–Trinajstić information content (AvgIpc) is 3.09. The zero-order valence-corrected chi connectivity index (χ0v) is 17.5. The SMILES string of the molecule is O=C(CCCC[C@H]1CCSS1)N1CC[C@H](c2ccccc2)S(=O)(=O)CC1. The van der Waals surface area contributed by atoms with Crippen LogP contribution in [0.5, 0.6) is 0 Å². The molecular formula is C19H27NO3S3. The Morgan fingerprint density at radius 3 is 2.65 bits per heavy atom. The van der Waals surface area contributed by atoms with E-state index in [0.29, 0.717) is 25.9 Å². The van der Waals surface area contributed by atoms with Crippen LogP contribution in [0.3, 0.4) is 0 Å². The Kier molecular flexibility index (Phi) is 7.35. The summed E-state index contributed by atoms with van der Waals surface area (Å²) >= 11 is 0. The standard InChI is InChI=1S/C19H27NO3S3/c21-19(9-5-4-8-17-11-14-24-25-17)20-12-10-18(26(22,23)15-13-20)16-6-2-1-3-7-16/h1-3,6-7,17-18H,4-5,8-15H2/t17-,18+/m0/s1. The number of nitrogens with zero attached hydrogens (tertiary/aromatic N) is 1. The van der Waals surface area contributed by atoms with E-state index in [-0.39, 0.29) is 11.7 Å². The molecule has 1 amide bonds. The fraction of sp³-hybridized carbons (Fsp3) is 0.632. The van der Waals surface area contributed by atoms with E-state index < -0.39 is 15.1 Å². The van der Waals surface area contributed by atoms with Crippen molar-refractivity contribution < 1.29 is 13.2 Å². The molecule has 2 saturated heterocycles. The molecule has 0 radical (unpaired) electrons. The number of hydrogen-bond acceptors (Lipinski definition) is 5. The summed E-state index contributed by atoms with van der Waals surface area (Å²) in [6.45, 7) is 0.867. The van der Waals surface area contributed by atoms with Gasteiger partial charge in [-0.1, -0.05) is 58.3 Å². The Morgan fingerprint density at radius 1 is 1.12 bits per heavy atom. The monoisotopic (exact) mass is 413 g/mol. The Labute approximate surface area is 164 Å². The van der Waals surface area contributed by atoms with Gasteiger partial charge in [-0.15, -0.1) is 0 Å². The molecule has 3 rings (SSSR count). The van der Waals surface area contributed by atoms with Crippen LogP contribution in [0.15, 0.2) is 30.3 Å². The van der Waals surface area contributed by atoms with E-state index in [0.717, 1.165) is 23.7 Å². The lowest BCUT2D eigenvalue weighted by molar-refractivity contribution is -0.131. The van der Waals surface area contributed by atoms with Crippen molar-refractivity contribution in [1.82, 2.24) is 4.90 Å². The maximum absolute atomic E-state index is 12.6. The molecule has 2 heterocycles. The third-order valence-electron chi connectivity index (χ3n) is 5.16. The molecule has 2 aliphatic heterocycles. The molecule has 1 aromatic carbocycles. The minimum atomic E-state index is -3.21. The van der Waals surface area contributed by atoms with Crippen molar-refractivity contribution in [2.75, 3.05) is 24.6 Å². The van der Waals surface area contributed by atoms with E-state index in [4.69, 9.17) is 0 Å². The van der Waals surface area contributed by atoms with Crippen molar-refractivity contribution in [3.05, 3.63) is 35.9 Å². The van der Waals surface area contributed by atoms with E-state index in [1.165, 1.54) is 18.6 Å². The first-order chi connectivity index (χ1) is 12.6. The predicted molar refractivity (Wildman–Crippen MR) is 111 cm³/mol. The van der Waals surface area contributed by atoms with Crippen LogP contribution >= 0.6 is 21.6 Å². The van der Waals surface area contributed by atoms with Crippen molar-refractivity contribution in [3.63, 3.8) is 0 Å². The van der Waals surface area contributed by atoms with Crippen LogP contribution in [-0.2, 0) is 14.6 Å². The molecule has 2 atom stereocenters. The lowest BCUT2D eigenvalue weighted by atomic mass is 10.1. The molecule has 0 aromatic heterocycles. The third-order valence-corrected chi connectivity index (χ3v) is 10.3. The van der Waals surface area contributed by atoms with Gasteiger partial charge >= 0.3 is 0 Å². The van der Waals surface area contributed by atoms with Crippen LogP contribution in [0.25, 0.3) is 0 Å². The maximum Gasteiger partial charge on any atom is 0.222 e. The van der Waals surface area contributed by atoms with Gasteiger partial charge in [0.05, 0.1) is 11.0 Å². The summed E-state index contributed by atoms with van der Waals surface area (Å²) in [6.07, 6.45) is 5.51. The maximum atomic E-state index is 12.6. The highest BCUT2D eigenvalue weighted by Crippen LogP contribution is 2.40. The summed E-state index contributed by atoms with van der Waals surface area (Å²) in [4.78, 5) is 14.3. The number of sulfone groups is 1. The summed E-state index contributed by atoms with van der Waals surface area (Å²) < 4.78 is 25.3. The number of benzene rings is 1. The molecule has 26 heavy (non-hydrogen) atoms. The van der Waals surface area contributed by atoms with Gasteiger partial charge in [0.15, 0.2) is 9.84 Å². The summed E-state index contributed by atoms with van der Waals surface area (Å²) in [5.74, 6) is 1.43. The van der Waals surface area contributed by atoms with Gasteiger partial charge in [-0.2, -0.15) is 0 Å². The number of unbranched alkanes of at least 4 members (excludes halogenated alkanes) is 1. The Bertz CT molecular complexity index is 687. The first kappa shape index (κ1) is 20.1. The quantitative estimate of drug-likeness (QED) is 0.519. The Morgan fingerprint density at radius 2 is 1.92 bits per heavy atom. The molecule has 2 fully saturated rings. The Balaban J connectivity index is 1.49. The first-order valence-corrected chi connectivity index (χ1v) is 13.5. The number of rotatable bonds is 6. The smallest absolute Gasteiger partial charge is 0.222 e. The van der Waals surface area contributed by atoms with Crippen molar-refractivity contribution >= 4 is 37.3 Å². The first-order valence-electron chi connectivity index (χ1n) is 9.39. The fourth-order valence-corrected chi connectivity index (χ4v) is 8.43. The predicted octanol–water partition coefficient (Wildman–Crippen LogP) is 4.09. The van der Waals surface area contributed by atoms with E-state index in [1.807, 2.05) is 51.9 Å². The minimum Gasteiger partial charge on any atom is -0.342 e. The molecule has 0 unspecified atom stereocenters. The number of carbonyl (C=O) groups excluding carboxylic acids is 1. The zero-order valence-electron chi connectivity index (χ0n) is 15.0. The molecule has 4 nitrogen and oxygen atoms in total. The zero-order chi connectivity index (χ0) is 18.4.